The van der Waals surface area contributed by atoms with Crippen LogP contribution in [0.15, 0.2) is 0 Å². The Bertz CT molecular complexity index is 304. The first kappa shape index (κ1) is 15.0. The maximum absolute atomic E-state index is 12.1. The molecule has 18 heavy (non-hydrogen) atoms. The minimum atomic E-state index is -0.878. The summed E-state index contributed by atoms with van der Waals surface area (Å²) in [6.45, 7) is 7.48. The van der Waals surface area contributed by atoms with Gasteiger partial charge in [0.2, 0.25) is 5.91 Å². The number of nitrogens with one attached hydrogen (secondary N) is 2. The lowest BCUT2D eigenvalue weighted by molar-refractivity contribution is -0.138. The van der Waals surface area contributed by atoms with Crippen molar-refractivity contribution < 1.29 is 14.7 Å². The van der Waals surface area contributed by atoms with Gasteiger partial charge in [-0.25, -0.2) is 0 Å². The summed E-state index contributed by atoms with van der Waals surface area (Å²) in [6.07, 6.45) is 1.84. The van der Waals surface area contributed by atoms with E-state index >= 15 is 0 Å². The third kappa shape index (κ3) is 4.64. The third-order valence-corrected chi connectivity index (χ3v) is 3.41. The van der Waals surface area contributed by atoms with Crippen LogP contribution in [0.3, 0.4) is 0 Å². The van der Waals surface area contributed by atoms with Crippen LogP contribution in [0.25, 0.3) is 0 Å². The van der Waals surface area contributed by atoms with Crippen LogP contribution in [0.5, 0.6) is 0 Å². The summed E-state index contributed by atoms with van der Waals surface area (Å²) in [4.78, 5) is 22.9. The maximum atomic E-state index is 12.1. The van der Waals surface area contributed by atoms with E-state index in [1.54, 1.807) is 0 Å². The first-order valence-corrected chi connectivity index (χ1v) is 6.53. The Morgan fingerprint density at radius 2 is 2.11 bits per heavy atom. The Kier molecular flexibility index (Phi) is 5.14. The van der Waals surface area contributed by atoms with Gasteiger partial charge >= 0.3 is 5.97 Å². The Hall–Kier alpha value is -1.10. The molecule has 1 saturated heterocycles. The van der Waals surface area contributed by atoms with Crippen molar-refractivity contribution in [3.63, 3.8) is 0 Å². The summed E-state index contributed by atoms with van der Waals surface area (Å²) >= 11 is 0. The molecule has 5 nitrogen and oxygen atoms in total. The molecule has 1 aliphatic rings. The second-order valence-electron chi connectivity index (χ2n) is 6.07. The number of amides is 1. The summed E-state index contributed by atoms with van der Waals surface area (Å²) in [5.74, 6) is -0.933. The van der Waals surface area contributed by atoms with Gasteiger partial charge in [0.05, 0.1) is 12.3 Å². The van der Waals surface area contributed by atoms with Gasteiger partial charge in [-0.15, -0.1) is 0 Å². The molecule has 1 fully saturated rings. The van der Waals surface area contributed by atoms with Gasteiger partial charge in [0.25, 0.3) is 0 Å². The molecule has 0 aromatic heterocycles. The van der Waals surface area contributed by atoms with Crippen LogP contribution < -0.4 is 10.6 Å². The predicted molar refractivity (Wildman–Crippen MR) is 69.2 cm³/mol. The Labute approximate surface area is 108 Å². The van der Waals surface area contributed by atoms with Crippen LogP contribution in [0.2, 0.25) is 0 Å². The molecule has 104 valence electrons. The average Bonchev–Trinajstić information content (AvgIpc) is 2.27. The van der Waals surface area contributed by atoms with Crippen LogP contribution in [0.1, 0.15) is 40.0 Å². The van der Waals surface area contributed by atoms with E-state index in [1.807, 2.05) is 20.8 Å². The number of aliphatic carboxylic acids is 1. The highest BCUT2D eigenvalue weighted by molar-refractivity contribution is 5.80. The number of carbonyl (C=O) groups excluding carboxylic acids is 1. The van der Waals surface area contributed by atoms with E-state index in [2.05, 4.69) is 10.6 Å². The van der Waals surface area contributed by atoms with Crippen LogP contribution in [0.4, 0.5) is 0 Å². The molecule has 0 aromatic rings. The van der Waals surface area contributed by atoms with Gasteiger partial charge in [0.1, 0.15) is 0 Å². The maximum Gasteiger partial charge on any atom is 0.305 e. The molecule has 0 bridgehead atoms. The molecule has 1 heterocycles. The standard InChI is InChI=1S/C13H24N2O3/c1-13(2,3)10(7-11(16)17)15-12(18)9-5-4-6-14-8-9/h9-10,14H,4-8H2,1-3H3,(H,15,18)(H,16,17)/t9-,10?/m1/s1. The number of rotatable bonds is 4. The van der Waals surface area contributed by atoms with Crippen molar-refractivity contribution in [1.29, 1.82) is 0 Å². The number of hydrogen-bond acceptors (Lipinski definition) is 3. The molecular weight excluding hydrogens is 232 g/mol. The molecule has 0 aliphatic carbocycles. The Morgan fingerprint density at radius 1 is 1.44 bits per heavy atom. The second-order valence-corrected chi connectivity index (χ2v) is 6.07. The zero-order valence-corrected chi connectivity index (χ0v) is 11.5. The molecule has 0 radical (unpaired) electrons. The van der Waals surface area contributed by atoms with Gasteiger partial charge < -0.3 is 15.7 Å². The van der Waals surface area contributed by atoms with Gasteiger partial charge in [-0.2, -0.15) is 0 Å². The Balaban J connectivity index is 2.59. The zero-order valence-electron chi connectivity index (χ0n) is 11.5. The summed E-state index contributed by atoms with van der Waals surface area (Å²) in [6, 6.07) is -0.329. The molecule has 5 heteroatoms. The largest absolute Gasteiger partial charge is 0.481 e. The molecule has 0 aromatic carbocycles. The SMILES string of the molecule is CC(C)(C)C(CC(=O)O)NC(=O)[C@@H]1CCCNC1. The van der Waals surface area contributed by atoms with Crippen LogP contribution >= 0.6 is 0 Å². The highest BCUT2D eigenvalue weighted by atomic mass is 16.4. The molecule has 2 atom stereocenters. The topological polar surface area (TPSA) is 78.4 Å². The van der Waals surface area contributed by atoms with Gasteiger partial charge in [-0.3, -0.25) is 9.59 Å². The van der Waals surface area contributed by atoms with E-state index in [1.165, 1.54) is 0 Å². The van der Waals surface area contributed by atoms with Gasteiger partial charge in [-0.05, 0) is 24.8 Å². The highest BCUT2D eigenvalue weighted by Crippen LogP contribution is 2.23. The quantitative estimate of drug-likeness (QED) is 0.701. The van der Waals surface area contributed by atoms with Crippen molar-refractivity contribution >= 4 is 11.9 Å². The lowest BCUT2D eigenvalue weighted by atomic mass is 9.84. The number of hydrogen-bond donors (Lipinski definition) is 3. The van der Waals surface area contributed by atoms with Crippen LogP contribution in [-0.2, 0) is 9.59 Å². The van der Waals surface area contributed by atoms with Crippen molar-refractivity contribution in [2.75, 3.05) is 13.1 Å². The monoisotopic (exact) mass is 256 g/mol. The van der Waals surface area contributed by atoms with Crippen LogP contribution in [0, 0.1) is 11.3 Å². The summed E-state index contributed by atoms with van der Waals surface area (Å²) in [5.41, 5.74) is -0.254. The molecule has 0 spiro atoms. The second kappa shape index (κ2) is 6.18. The van der Waals surface area contributed by atoms with E-state index in [9.17, 15) is 9.59 Å². The van der Waals surface area contributed by atoms with Crippen molar-refractivity contribution in [1.82, 2.24) is 10.6 Å². The normalized spacial score (nSPS) is 22.3. The fraction of sp³-hybridized carbons (Fsp3) is 0.846. The number of piperidine rings is 1. The van der Waals surface area contributed by atoms with Crippen molar-refractivity contribution in [2.24, 2.45) is 11.3 Å². The van der Waals surface area contributed by atoms with Gasteiger partial charge in [0.15, 0.2) is 0 Å². The third-order valence-electron chi connectivity index (χ3n) is 3.41. The molecule has 1 rings (SSSR count). The minimum Gasteiger partial charge on any atom is -0.481 e. The number of carbonyl (C=O) groups is 2. The molecule has 3 N–H and O–H groups in total. The van der Waals surface area contributed by atoms with E-state index in [4.69, 9.17) is 5.11 Å². The predicted octanol–water partition coefficient (Wildman–Crippen LogP) is 0.992. The molecule has 1 amide bonds. The summed E-state index contributed by atoms with van der Waals surface area (Å²) in [7, 11) is 0. The molecule has 1 unspecified atom stereocenters. The number of carboxylic acids is 1. The fourth-order valence-electron chi connectivity index (χ4n) is 2.11. The van der Waals surface area contributed by atoms with E-state index in [-0.39, 0.29) is 29.7 Å². The molecule has 1 aliphatic heterocycles. The van der Waals surface area contributed by atoms with Crippen LogP contribution in [-0.4, -0.2) is 36.1 Å². The number of carboxylic acid groups (broad SMARTS) is 1. The van der Waals surface area contributed by atoms with Gasteiger partial charge in [0, 0.05) is 12.6 Å². The highest BCUT2D eigenvalue weighted by Gasteiger charge is 2.31. The molecular formula is C13H24N2O3. The van der Waals surface area contributed by atoms with Crippen molar-refractivity contribution in [3.05, 3.63) is 0 Å². The Morgan fingerprint density at radius 3 is 2.56 bits per heavy atom. The smallest absolute Gasteiger partial charge is 0.305 e. The summed E-state index contributed by atoms with van der Waals surface area (Å²) < 4.78 is 0. The zero-order chi connectivity index (χ0) is 13.8. The van der Waals surface area contributed by atoms with E-state index in [0.717, 1.165) is 19.4 Å². The van der Waals surface area contributed by atoms with Crippen molar-refractivity contribution in [3.8, 4) is 0 Å². The van der Waals surface area contributed by atoms with Gasteiger partial charge in [-0.1, -0.05) is 20.8 Å². The lowest BCUT2D eigenvalue weighted by Crippen LogP contribution is -2.49. The minimum absolute atomic E-state index is 0.0247. The van der Waals surface area contributed by atoms with E-state index < -0.39 is 5.97 Å². The summed E-state index contributed by atoms with van der Waals surface area (Å²) in [5, 5.41) is 15.0. The van der Waals surface area contributed by atoms with Crippen molar-refractivity contribution in [2.45, 2.75) is 46.1 Å². The first-order chi connectivity index (χ1) is 8.30. The first-order valence-electron chi connectivity index (χ1n) is 6.53. The van der Waals surface area contributed by atoms with E-state index in [0.29, 0.717) is 6.54 Å². The molecule has 0 saturated carbocycles. The average molecular weight is 256 g/mol. The lowest BCUT2D eigenvalue weighted by Gasteiger charge is -2.32. The fourth-order valence-corrected chi connectivity index (χ4v) is 2.11.